The second-order valence-corrected chi connectivity index (χ2v) is 5.57. The van der Waals surface area contributed by atoms with Gasteiger partial charge >= 0.3 is 6.03 Å². The third-order valence-corrected chi connectivity index (χ3v) is 3.66. The van der Waals surface area contributed by atoms with Crippen molar-refractivity contribution < 1.29 is 28.7 Å². The van der Waals surface area contributed by atoms with Gasteiger partial charge in [-0.05, 0) is 26.0 Å². The number of urea groups is 1. The lowest BCUT2D eigenvalue weighted by atomic mass is 10.2. The molecule has 1 aliphatic heterocycles. The molecule has 0 bridgehead atoms. The van der Waals surface area contributed by atoms with Crippen LogP contribution in [0.25, 0.3) is 0 Å². The van der Waals surface area contributed by atoms with Gasteiger partial charge in [-0.25, -0.2) is 4.79 Å². The van der Waals surface area contributed by atoms with Crippen LogP contribution < -0.4 is 25.0 Å². The largest absolute Gasteiger partial charge is 0.490 e. The lowest BCUT2D eigenvalue weighted by molar-refractivity contribution is -0.900. The predicted octanol–water partition coefficient (Wildman–Crippen LogP) is 0.0472. The summed E-state index contributed by atoms with van der Waals surface area (Å²) in [5.41, 5.74) is 0.524. The second kappa shape index (κ2) is 9.85. The molecular weight excluding hydrogens is 326 g/mol. The molecule has 3 amide bonds. The van der Waals surface area contributed by atoms with Gasteiger partial charge in [0.2, 0.25) is 0 Å². The first-order valence-corrected chi connectivity index (χ1v) is 8.54. The quantitative estimate of drug-likeness (QED) is 0.645. The molecule has 0 spiro atoms. The highest BCUT2D eigenvalue weighted by Gasteiger charge is 2.19. The molecule has 3 N–H and O–H groups in total. The molecule has 0 unspecified atom stereocenters. The fraction of sp³-hybridized carbons (Fsp3) is 0.529. The smallest absolute Gasteiger partial charge is 0.326 e. The van der Waals surface area contributed by atoms with Crippen molar-refractivity contribution in [1.82, 2.24) is 5.32 Å². The van der Waals surface area contributed by atoms with Crippen molar-refractivity contribution in [2.24, 2.45) is 0 Å². The summed E-state index contributed by atoms with van der Waals surface area (Å²) in [4.78, 5) is 25.0. The van der Waals surface area contributed by atoms with Crippen LogP contribution in [0.15, 0.2) is 18.2 Å². The van der Waals surface area contributed by atoms with Gasteiger partial charge in [0.05, 0.1) is 26.4 Å². The van der Waals surface area contributed by atoms with Gasteiger partial charge < -0.3 is 24.4 Å². The maximum absolute atomic E-state index is 12.0. The van der Waals surface area contributed by atoms with E-state index < -0.39 is 6.03 Å². The van der Waals surface area contributed by atoms with E-state index in [0.717, 1.165) is 18.0 Å². The minimum Gasteiger partial charge on any atom is -0.490 e. The molecule has 1 aromatic rings. The van der Waals surface area contributed by atoms with Crippen molar-refractivity contribution in [1.29, 1.82) is 0 Å². The Balaban J connectivity index is 1.88. The Morgan fingerprint density at radius 3 is 2.48 bits per heavy atom. The topological polar surface area (TPSA) is 90.3 Å². The van der Waals surface area contributed by atoms with Crippen molar-refractivity contribution in [2.75, 3.05) is 51.4 Å². The van der Waals surface area contributed by atoms with E-state index in [1.54, 1.807) is 18.2 Å². The van der Waals surface area contributed by atoms with Crippen molar-refractivity contribution in [3.05, 3.63) is 18.2 Å². The molecule has 0 saturated carbocycles. The van der Waals surface area contributed by atoms with Crippen molar-refractivity contribution in [3.63, 3.8) is 0 Å². The molecule has 0 radical (unpaired) electrons. The number of amides is 3. The van der Waals surface area contributed by atoms with Crippen LogP contribution in [0, 0.1) is 0 Å². The minimum atomic E-state index is -0.565. The average molecular weight is 352 g/mol. The number of hydrogen-bond acceptors (Lipinski definition) is 5. The first-order valence-electron chi connectivity index (χ1n) is 8.54. The molecule has 138 valence electrons. The summed E-state index contributed by atoms with van der Waals surface area (Å²) in [6.45, 7) is 7.83. The number of morpholine rings is 1. The van der Waals surface area contributed by atoms with Crippen LogP contribution in [0.3, 0.4) is 0 Å². The lowest BCUT2D eigenvalue weighted by Gasteiger charge is -2.22. The van der Waals surface area contributed by atoms with E-state index in [2.05, 4.69) is 10.6 Å². The van der Waals surface area contributed by atoms with E-state index in [0.29, 0.717) is 43.6 Å². The first-order chi connectivity index (χ1) is 12.1. The van der Waals surface area contributed by atoms with Gasteiger partial charge in [-0.2, -0.15) is 0 Å². The van der Waals surface area contributed by atoms with Crippen molar-refractivity contribution in [2.45, 2.75) is 13.8 Å². The minimum absolute atomic E-state index is 0.254. The Hall–Kier alpha value is -2.32. The van der Waals surface area contributed by atoms with Crippen molar-refractivity contribution >= 4 is 17.6 Å². The number of nitrogens with one attached hydrogen (secondary N) is 3. The number of hydrogen-bond donors (Lipinski definition) is 3. The molecule has 2 rings (SSSR count). The Labute approximate surface area is 147 Å². The standard InChI is InChI=1S/C17H25N3O5/c1-3-24-14-6-5-13(11-15(14)25-4-2)18-17(22)19-16(21)12-20-7-9-23-10-8-20/h5-6,11H,3-4,7-10,12H2,1-2H3,(H2,18,19,21,22)/p+1. The molecule has 0 aromatic heterocycles. The summed E-state index contributed by atoms with van der Waals surface area (Å²) in [5.74, 6) is 0.846. The summed E-state index contributed by atoms with van der Waals surface area (Å²) >= 11 is 0. The van der Waals surface area contributed by atoms with E-state index in [4.69, 9.17) is 14.2 Å². The number of anilines is 1. The highest BCUT2D eigenvalue weighted by Crippen LogP contribution is 2.30. The number of quaternary nitrogens is 1. The third-order valence-electron chi connectivity index (χ3n) is 3.66. The van der Waals surface area contributed by atoms with E-state index in [1.165, 1.54) is 0 Å². The van der Waals surface area contributed by atoms with Gasteiger partial charge in [-0.3, -0.25) is 10.1 Å². The summed E-state index contributed by atoms with van der Waals surface area (Å²) in [6.07, 6.45) is 0. The fourth-order valence-corrected chi connectivity index (χ4v) is 2.53. The zero-order valence-electron chi connectivity index (χ0n) is 14.7. The van der Waals surface area contributed by atoms with Gasteiger partial charge in [0, 0.05) is 11.8 Å². The Kier molecular flexibility index (Phi) is 7.49. The summed E-state index contributed by atoms with van der Waals surface area (Å²) in [6, 6.07) is 4.53. The first kappa shape index (κ1) is 19.0. The normalized spacial score (nSPS) is 14.6. The Morgan fingerprint density at radius 2 is 1.80 bits per heavy atom. The van der Waals surface area contributed by atoms with Crippen LogP contribution in [0.5, 0.6) is 11.5 Å². The fourth-order valence-electron chi connectivity index (χ4n) is 2.53. The van der Waals surface area contributed by atoms with E-state index in [-0.39, 0.29) is 12.5 Å². The Bertz CT molecular complexity index is 588. The SMILES string of the molecule is CCOc1ccc(NC(=O)NC(=O)C[NH+]2CCOCC2)cc1OCC. The molecule has 0 atom stereocenters. The van der Waals surface area contributed by atoms with E-state index in [1.807, 2.05) is 13.8 Å². The molecule has 8 heteroatoms. The van der Waals surface area contributed by atoms with Gasteiger partial charge in [-0.1, -0.05) is 0 Å². The molecule has 8 nitrogen and oxygen atoms in total. The predicted molar refractivity (Wildman–Crippen MR) is 92.3 cm³/mol. The molecule has 1 saturated heterocycles. The molecule has 1 heterocycles. The van der Waals surface area contributed by atoms with E-state index in [9.17, 15) is 9.59 Å². The third kappa shape index (κ3) is 6.24. The van der Waals surface area contributed by atoms with Crippen LogP contribution in [0.4, 0.5) is 10.5 Å². The van der Waals surface area contributed by atoms with Gasteiger partial charge in [-0.15, -0.1) is 0 Å². The van der Waals surface area contributed by atoms with Gasteiger partial charge in [0.25, 0.3) is 5.91 Å². The second-order valence-electron chi connectivity index (χ2n) is 5.57. The van der Waals surface area contributed by atoms with Crippen LogP contribution in [0.2, 0.25) is 0 Å². The van der Waals surface area contributed by atoms with Crippen LogP contribution in [-0.4, -0.2) is 58.0 Å². The van der Waals surface area contributed by atoms with Crippen LogP contribution in [-0.2, 0) is 9.53 Å². The summed E-state index contributed by atoms with van der Waals surface area (Å²) < 4.78 is 16.2. The molecule has 1 fully saturated rings. The molecule has 1 aromatic carbocycles. The number of imide groups is 1. The molecule has 25 heavy (non-hydrogen) atoms. The monoisotopic (exact) mass is 352 g/mol. The zero-order chi connectivity index (χ0) is 18.1. The highest BCUT2D eigenvalue weighted by atomic mass is 16.5. The summed E-state index contributed by atoms with van der Waals surface area (Å²) in [7, 11) is 0. The maximum atomic E-state index is 12.0. The Morgan fingerprint density at radius 1 is 1.12 bits per heavy atom. The number of rotatable bonds is 7. The highest BCUT2D eigenvalue weighted by molar-refractivity contribution is 6.01. The van der Waals surface area contributed by atoms with E-state index >= 15 is 0 Å². The van der Waals surface area contributed by atoms with Crippen molar-refractivity contribution in [3.8, 4) is 11.5 Å². The lowest BCUT2D eigenvalue weighted by Crippen LogP contribution is -3.15. The van der Waals surface area contributed by atoms with Gasteiger partial charge in [0.15, 0.2) is 18.0 Å². The molecule has 1 aliphatic rings. The zero-order valence-corrected chi connectivity index (χ0v) is 14.7. The van der Waals surface area contributed by atoms with Gasteiger partial charge in [0.1, 0.15) is 13.1 Å². The molecule has 0 aliphatic carbocycles. The number of carbonyl (C=O) groups is 2. The van der Waals surface area contributed by atoms with Crippen LogP contribution in [0.1, 0.15) is 13.8 Å². The maximum Gasteiger partial charge on any atom is 0.326 e. The van der Waals surface area contributed by atoms with Crippen LogP contribution >= 0.6 is 0 Å². The number of ether oxygens (including phenoxy) is 3. The number of carbonyl (C=O) groups excluding carboxylic acids is 2. The average Bonchev–Trinajstić information content (AvgIpc) is 2.58. The molecular formula is C17H26N3O5+. The summed E-state index contributed by atoms with van der Waals surface area (Å²) in [5, 5.41) is 4.98. The number of benzene rings is 1.